The summed E-state index contributed by atoms with van der Waals surface area (Å²) in [4.78, 5) is 33.9. The normalized spacial score (nSPS) is 16.8. The molecule has 2 N–H and O–H groups in total. The van der Waals surface area contributed by atoms with Crippen molar-refractivity contribution < 1.29 is 9.53 Å². The zero-order valence-corrected chi connectivity index (χ0v) is 21.9. The van der Waals surface area contributed by atoms with Crippen LogP contribution in [-0.4, -0.2) is 94.6 Å². The minimum Gasteiger partial charge on any atom is -0.378 e. The monoisotopic (exact) mass is 518 g/mol. The second kappa shape index (κ2) is 12.1. The van der Waals surface area contributed by atoms with E-state index < -0.39 is 0 Å². The first-order valence-electron chi connectivity index (χ1n) is 13.1. The van der Waals surface area contributed by atoms with E-state index in [0.29, 0.717) is 48.4 Å². The largest absolute Gasteiger partial charge is 0.378 e. The van der Waals surface area contributed by atoms with Crippen LogP contribution in [0.4, 0.5) is 28.1 Å². The van der Waals surface area contributed by atoms with Crippen LogP contribution in [0.1, 0.15) is 20.3 Å². The lowest BCUT2D eigenvalue weighted by molar-refractivity contribution is 0.122. The summed E-state index contributed by atoms with van der Waals surface area (Å²) in [7, 11) is 0. The molecule has 0 unspecified atom stereocenters. The van der Waals surface area contributed by atoms with Gasteiger partial charge in [0.1, 0.15) is 0 Å². The quantitative estimate of drug-likeness (QED) is 0.503. The van der Waals surface area contributed by atoms with Crippen molar-refractivity contribution in [2.24, 2.45) is 0 Å². The number of amides is 2. The zero-order chi connectivity index (χ0) is 26.3. The molecule has 0 bridgehead atoms. The van der Waals surface area contributed by atoms with Crippen molar-refractivity contribution in [2.75, 3.05) is 72.9 Å². The smallest absolute Gasteiger partial charge is 0.323 e. The first kappa shape index (κ1) is 25.7. The molecule has 2 saturated heterocycles. The van der Waals surface area contributed by atoms with Gasteiger partial charge in [0, 0.05) is 56.6 Å². The summed E-state index contributed by atoms with van der Waals surface area (Å²) in [5.41, 5.74) is 2.07. The van der Waals surface area contributed by atoms with Crippen LogP contribution in [0.5, 0.6) is 0 Å². The molecule has 12 nitrogen and oxygen atoms in total. The number of urea groups is 1. The lowest BCUT2D eigenvalue weighted by atomic mass is 10.2. The molecule has 2 aliphatic rings. The van der Waals surface area contributed by atoms with Crippen molar-refractivity contribution >= 4 is 29.3 Å². The van der Waals surface area contributed by atoms with Crippen LogP contribution in [-0.2, 0) is 4.74 Å². The summed E-state index contributed by atoms with van der Waals surface area (Å²) >= 11 is 0. The van der Waals surface area contributed by atoms with E-state index in [9.17, 15) is 4.79 Å². The fourth-order valence-corrected chi connectivity index (χ4v) is 4.54. The molecule has 2 aromatic heterocycles. The maximum absolute atomic E-state index is 12.3. The van der Waals surface area contributed by atoms with E-state index in [1.165, 1.54) is 12.4 Å². The number of anilines is 4. The van der Waals surface area contributed by atoms with Gasteiger partial charge in [-0.1, -0.05) is 0 Å². The van der Waals surface area contributed by atoms with Crippen LogP contribution in [0.15, 0.2) is 42.7 Å². The van der Waals surface area contributed by atoms with Gasteiger partial charge < -0.3 is 25.2 Å². The molecule has 1 aromatic carbocycles. The molecule has 0 spiro atoms. The Bertz CT molecular complexity index is 1200. The second-order valence-electron chi connectivity index (χ2n) is 9.62. The molecular weight excluding hydrogens is 484 g/mol. The average Bonchev–Trinajstić information content (AvgIpc) is 3.21. The molecule has 0 atom stereocenters. The van der Waals surface area contributed by atoms with Crippen LogP contribution in [0.2, 0.25) is 0 Å². The third kappa shape index (κ3) is 6.50. The predicted molar refractivity (Wildman–Crippen MR) is 147 cm³/mol. The molecule has 0 radical (unpaired) electrons. The lowest BCUT2D eigenvalue weighted by Crippen LogP contribution is -2.38. The van der Waals surface area contributed by atoms with Gasteiger partial charge in [0.15, 0.2) is 5.82 Å². The molecule has 5 rings (SSSR count). The number of morpholine rings is 1. The summed E-state index contributed by atoms with van der Waals surface area (Å²) in [6, 6.07) is 9.32. The molecule has 12 heteroatoms. The van der Waals surface area contributed by atoms with Crippen molar-refractivity contribution in [1.29, 1.82) is 0 Å². The van der Waals surface area contributed by atoms with Crippen LogP contribution in [0, 0.1) is 0 Å². The highest BCUT2D eigenvalue weighted by atomic mass is 16.5. The van der Waals surface area contributed by atoms with E-state index in [1.807, 2.05) is 24.3 Å². The summed E-state index contributed by atoms with van der Waals surface area (Å²) in [5, 5.41) is 13.0. The number of hydrogen-bond donors (Lipinski definition) is 2. The number of benzene rings is 1. The van der Waals surface area contributed by atoms with Crippen molar-refractivity contribution in [3.8, 4) is 11.4 Å². The van der Waals surface area contributed by atoms with Gasteiger partial charge in [0.05, 0.1) is 31.3 Å². The summed E-state index contributed by atoms with van der Waals surface area (Å²) < 4.78 is 5.54. The molecule has 200 valence electrons. The molecule has 3 aromatic rings. The van der Waals surface area contributed by atoms with Gasteiger partial charge in [-0.05, 0) is 50.6 Å². The Morgan fingerprint density at radius 2 is 1.53 bits per heavy atom. The van der Waals surface area contributed by atoms with Gasteiger partial charge in [-0.15, -0.1) is 0 Å². The SMILES string of the molecule is CC(C)N1CCCN(c2nc(-c3ccc(NC(=O)Nc4ccnnc4)cc3)nc(N3CCOCC3)n2)CC1. The molecule has 2 aliphatic heterocycles. The van der Waals surface area contributed by atoms with Gasteiger partial charge in [0.2, 0.25) is 11.9 Å². The summed E-state index contributed by atoms with van der Waals surface area (Å²) in [5.74, 6) is 1.99. The number of ether oxygens (including phenoxy) is 1. The molecule has 4 heterocycles. The lowest BCUT2D eigenvalue weighted by Gasteiger charge is -2.28. The Kier molecular flexibility index (Phi) is 8.19. The van der Waals surface area contributed by atoms with Crippen molar-refractivity contribution in [3.05, 3.63) is 42.7 Å². The topological polar surface area (TPSA) is 125 Å². The van der Waals surface area contributed by atoms with Gasteiger partial charge in [-0.2, -0.15) is 25.1 Å². The predicted octanol–water partition coefficient (Wildman–Crippen LogP) is 2.73. The Morgan fingerprint density at radius 1 is 0.816 bits per heavy atom. The van der Waals surface area contributed by atoms with E-state index in [0.717, 1.165) is 51.3 Å². The van der Waals surface area contributed by atoms with Gasteiger partial charge in [-0.3, -0.25) is 4.90 Å². The molecule has 38 heavy (non-hydrogen) atoms. The average molecular weight is 519 g/mol. The van der Waals surface area contributed by atoms with Crippen LogP contribution < -0.4 is 20.4 Å². The molecule has 2 amide bonds. The fourth-order valence-electron chi connectivity index (χ4n) is 4.54. The maximum atomic E-state index is 12.3. The maximum Gasteiger partial charge on any atom is 0.323 e. The first-order valence-corrected chi connectivity index (χ1v) is 13.1. The highest BCUT2D eigenvalue weighted by Gasteiger charge is 2.23. The van der Waals surface area contributed by atoms with Crippen LogP contribution in [0.3, 0.4) is 0 Å². The molecule has 0 aliphatic carbocycles. The van der Waals surface area contributed by atoms with E-state index in [1.54, 1.807) is 6.07 Å². The van der Waals surface area contributed by atoms with Gasteiger partial charge >= 0.3 is 6.03 Å². The Morgan fingerprint density at radius 3 is 2.21 bits per heavy atom. The third-order valence-electron chi connectivity index (χ3n) is 6.69. The minimum absolute atomic E-state index is 0.362. The van der Waals surface area contributed by atoms with Crippen molar-refractivity contribution in [1.82, 2.24) is 30.0 Å². The number of carbonyl (C=O) groups excluding carboxylic acids is 1. The van der Waals surface area contributed by atoms with Crippen molar-refractivity contribution in [2.45, 2.75) is 26.3 Å². The standard InChI is InChI=1S/C26H34N10O2/c1-19(2)34-10-3-11-35(13-12-34)24-31-23(32-25(33-24)36-14-16-38-17-15-36)20-4-6-21(7-5-20)29-26(37)30-22-8-9-27-28-18-22/h4-9,18-19H,3,10-17H2,1-2H3,(H2,27,29,30,37). The Labute approximate surface area is 222 Å². The Hall–Kier alpha value is -3.90. The summed E-state index contributed by atoms with van der Waals surface area (Å²) in [6.45, 7) is 11.1. The number of hydrogen-bond acceptors (Lipinski definition) is 10. The summed E-state index contributed by atoms with van der Waals surface area (Å²) in [6.07, 6.45) is 4.06. The van der Waals surface area contributed by atoms with Gasteiger partial charge in [0.25, 0.3) is 0 Å². The number of nitrogens with one attached hydrogen (secondary N) is 2. The number of rotatable bonds is 6. The minimum atomic E-state index is -0.362. The molecule has 0 saturated carbocycles. The third-order valence-corrected chi connectivity index (χ3v) is 6.69. The highest BCUT2D eigenvalue weighted by Crippen LogP contribution is 2.24. The number of carbonyl (C=O) groups is 1. The Balaban J connectivity index is 1.36. The first-order chi connectivity index (χ1) is 18.5. The van der Waals surface area contributed by atoms with E-state index >= 15 is 0 Å². The zero-order valence-electron chi connectivity index (χ0n) is 21.9. The van der Waals surface area contributed by atoms with Crippen LogP contribution >= 0.6 is 0 Å². The highest BCUT2D eigenvalue weighted by molar-refractivity contribution is 5.99. The van der Waals surface area contributed by atoms with E-state index in [4.69, 9.17) is 19.7 Å². The molecule has 2 fully saturated rings. The van der Waals surface area contributed by atoms with E-state index in [-0.39, 0.29) is 6.03 Å². The fraction of sp³-hybridized carbons (Fsp3) is 0.462. The molecular formula is C26H34N10O2. The second-order valence-corrected chi connectivity index (χ2v) is 9.62. The van der Waals surface area contributed by atoms with Gasteiger partial charge in [-0.25, -0.2) is 4.79 Å². The van der Waals surface area contributed by atoms with Crippen molar-refractivity contribution in [3.63, 3.8) is 0 Å². The number of aromatic nitrogens is 5. The van der Waals surface area contributed by atoms with Crippen LogP contribution in [0.25, 0.3) is 11.4 Å². The number of nitrogens with zero attached hydrogens (tertiary/aromatic N) is 8. The van der Waals surface area contributed by atoms with E-state index in [2.05, 4.69) is 49.4 Å².